The van der Waals surface area contributed by atoms with E-state index in [1.54, 1.807) is 0 Å². The number of ether oxygens (including phenoxy) is 1. The Morgan fingerprint density at radius 2 is 1.87 bits per heavy atom. The Morgan fingerprint density at radius 3 is 2.40 bits per heavy atom. The molecule has 0 aliphatic heterocycles. The lowest BCUT2D eigenvalue weighted by molar-refractivity contribution is -0.144. The fraction of sp³-hybridized carbons (Fsp3) is 0.875. The van der Waals surface area contributed by atoms with Gasteiger partial charge >= 0.3 is 5.97 Å². The molecule has 0 rings (SSSR count). The Kier molecular flexibility index (Phi) is 7.60. The first-order chi connectivity index (χ1) is 7.02. The maximum atomic E-state index is 11.6. The quantitative estimate of drug-likeness (QED) is 0.452. The molecule has 0 amide bonds. The zero-order valence-electron chi connectivity index (χ0n) is 8.72. The highest BCUT2D eigenvalue weighted by atomic mass is 31.2. The topological polar surface area (TPSA) is 93.1 Å². The monoisotopic (exact) mass is 240 g/mol. The van der Waals surface area contributed by atoms with E-state index in [9.17, 15) is 9.36 Å². The molecule has 0 spiro atoms. The van der Waals surface area contributed by atoms with Crippen molar-refractivity contribution in [3.8, 4) is 0 Å². The lowest BCUT2D eigenvalue weighted by atomic mass is 10.5. The van der Waals surface area contributed by atoms with Gasteiger partial charge in [0.25, 0.3) is 0 Å². The fourth-order valence-corrected chi connectivity index (χ4v) is 2.01. The Morgan fingerprint density at radius 1 is 1.27 bits per heavy atom. The molecule has 0 aliphatic rings. The first-order valence-corrected chi connectivity index (χ1v) is 6.86. The van der Waals surface area contributed by atoms with Crippen LogP contribution in [0.5, 0.6) is 0 Å². The maximum absolute atomic E-state index is 11.6. The summed E-state index contributed by atoms with van der Waals surface area (Å²) in [6, 6.07) is 0. The van der Waals surface area contributed by atoms with Crippen LogP contribution in [-0.2, 0) is 18.6 Å². The number of carbonyl (C=O) groups is 1. The third kappa shape index (κ3) is 8.57. The fourth-order valence-electron chi connectivity index (χ4n) is 0.825. The SMILES string of the molecule is CP(=O)(CCC(=O)OCCO)OCCO. The van der Waals surface area contributed by atoms with Crippen molar-refractivity contribution in [3.63, 3.8) is 0 Å². The zero-order chi connectivity index (χ0) is 11.7. The standard InChI is InChI=1S/C8H17O6P/c1-15(12,14-6-4-10)7-2-8(11)13-5-3-9/h9-10H,2-7H2,1H3. The molecule has 6 nitrogen and oxygen atoms in total. The van der Waals surface area contributed by atoms with E-state index >= 15 is 0 Å². The van der Waals surface area contributed by atoms with Gasteiger partial charge in [-0.05, 0) is 0 Å². The third-order valence-electron chi connectivity index (χ3n) is 1.53. The van der Waals surface area contributed by atoms with Gasteiger partial charge < -0.3 is 19.5 Å². The number of hydrogen-bond acceptors (Lipinski definition) is 6. The molecule has 1 unspecified atom stereocenters. The van der Waals surface area contributed by atoms with Crippen LogP contribution in [0.25, 0.3) is 0 Å². The Bertz CT molecular complexity index is 229. The molecular weight excluding hydrogens is 223 g/mol. The van der Waals surface area contributed by atoms with E-state index in [-0.39, 0.29) is 39.0 Å². The molecule has 0 heterocycles. The van der Waals surface area contributed by atoms with Crippen molar-refractivity contribution >= 4 is 13.3 Å². The molecule has 0 saturated carbocycles. The van der Waals surface area contributed by atoms with Crippen LogP contribution in [-0.4, -0.2) is 55.4 Å². The van der Waals surface area contributed by atoms with E-state index in [4.69, 9.17) is 14.7 Å². The van der Waals surface area contributed by atoms with Crippen LogP contribution in [0.1, 0.15) is 6.42 Å². The van der Waals surface area contributed by atoms with E-state index in [0.717, 1.165) is 0 Å². The highest BCUT2D eigenvalue weighted by Crippen LogP contribution is 2.42. The summed E-state index contributed by atoms with van der Waals surface area (Å²) < 4.78 is 21.0. The van der Waals surface area contributed by atoms with Crippen molar-refractivity contribution in [2.24, 2.45) is 0 Å². The second-order valence-corrected chi connectivity index (χ2v) is 5.72. The van der Waals surface area contributed by atoms with Gasteiger partial charge in [0, 0.05) is 12.8 Å². The molecule has 0 aromatic rings. The van der Waals surface area contributed by atoms with Gasteiger partial charge in [-0.15, -0.1) is 0 Å². The van der Waals surface area contributed by atoms with Crippen molar-refractivity contribution in [1.82, 2.24) is 0 Å². The highest BCUT2D eigenvalue weighted by molar-refractivity contribution is 7.58. The number of rotatable bonds is 8. The van der Waals surface area contributed by atoms with Gasteiger partial charge in [0.15, 0.2) is 0 Å². The van der Waals surface area contributed by atoms with Crippen molar-refractivity contribution in [3.05, 3.63) is 0 Å². The van der Waals surface area contributed by atoms with Gasteiger partial charge in [0.05, 0.1) is 26.2 Å². The molecule has 7 heteroatoms. The number of aliphatic hydroxyl groups excluding tert-OH is 2. The number of carbonyl (C=O) groups excluding carboxylic acids is 1. The van der Waals surface area contributed by atoms with E-state index in [1.165, 1.54) is 6.66 Å². The van der Waals surface area contributed by atoms with Crippen LogP contribution in [0.4, 0.5) is 0 Å². The smallest absolute Gasteiger partial charge is 0.306 e. The molecule has 0 aliphatic carbocycles. The van der Waals surface area contributed by atoms with Gasteiger partial charge in [-0.3, -0.25) is 9.36 Å². The summed E-state index contributed by atoms with van der Waals surface area (Å²) in [4.78, 5) is 11.0. The van der Waals surface area contributed by atoms with E-state index in [2.05, 4.69) is 4.74 Å². The second kappa shape index (κ2) is 7.82. The van der Waals surface area contributed by atoms with Crippen molar-refractivity contribution in [2.45, 2.75) is 6.42 Å². The van der Waals surface area contributed by atoms with Crippen LogP contribution in [0, 0.1) is 0 Å². The predicted molar refractivity (Wildman–Crippen MR) is 54.1 cm³/mol. The lowest BCUT2D eigenvalue weighted by Crippen LogP contribution is -2.10. The van der Waals surface area contributed by atoms with Gasteiger partial charge in [0.2, 0.25) is 7.37 Å². The largest absolute Gasteiger partial charge is 0.463 e. The van der Waals surface area contributed by atoms with E-state index in [1.807, 2.05) is 0 Å². The maximum Gasteiger partial charge on any atom is 0.306 e. The minimum Gasteiger partial charge on any atom is -0.463 e. The molecule has 0 fully saturated rings. The van der Waals surface area contributed by atoms with Crippen molar-refractivity contribution in [2.75, 3.05) is 39.3 Å². The molecule has 0 bridgehead atoms. The molecule has 2 N–H and O–H groups in total. The second-order valence-electron chi connectivity index (χ2n) is 2.99. The summed E-state index contributed by atoms with van der Waals surface area (Å²) in [7, 11) is -2.82. The Hall–Kier alpha value is -0.420. The van der Waals surface area contributed by atoms with Crippen LogP contribution in [0.15, 0.2) is 0 Å². The minimum atomic E-state index is -2.82. The van der Waals surface area contributed by atoms with Gasteiger partial charge in [-0.1, -0.05) is 0 Å². The molecule has 0 aromatic heterocycles. The summed E-state index contributed by atoms with van der Waals surface area (Å²) in [5.74, 6) is -0.515. The summed E-state index contributed by atoms with van der Waals surface area (Å²) in [6.45, 7) is 0.926. The zero-order valence-corrected chi connectivity index (χ0v) is 9.61. The summed E-state index contributed by atoms with van der Waals surface area (Å²) >= 11 is 0. The highest BCUT2D eigenvalue weighted by Gasteiger charge is 2.18. The average Bonchev–Trinajstić information content (AvgIpc) is 2.21. The average molecular weight is 240 g/mol. The van der Waals surface area contributed by atoms with Crippen LogP contribution in [0.3, 0.4) is 0 Å². The molecule has 0 saturated heterocycles. The van der Waals surface area contributed by atoms with Gasteiger partial charge in [0.1, 0.15) is 6.61 Å². The first kappa shape index (κ1) is 14.6. The normalized spacial score (nSPS) is 14.6. The van der Waals surface area contributed by atoms with E-state index < -0.39 is 13.3 Å². The van der Waals surface area contributed by atoms with Crippen LogP contribution < -0.4 is 0 Å². The molecule has 0 radical (unpaired) electrons. The van der Waals surface area contributed by atoms with Crippen molar-refractivity contribution in [1.29, 1.82) is 0 Å². The molecule has 90 valence electrons. The molecule has 15 heavy (non-hydrogen) atoms. The van der Waals surface area contributed by atoms with Crippen LogP contribution >= 0.6 is 7.37 Å². The molecular formula is C8H17O6P. The predicted octanol–water partition coefficient (Wildman–Crippen LogP) is -0.171. The number of aliphatic hydroxyl groups is 2. The number of esters is 1. The lowest BCUT2D eigenvalue weighted by Gasteiger charge is -2.12. The van der Waals surface area contributed by atoms with Gasteiger partial charge in [-0.25, -0.2) is 0 Å². The molecule has 0 aromatic carbocycles. The van der Waals surface area contributed by atoms with E-state index in [0.29, 0.717) is 0 Å². The first-order valence-electron chi connectivity index (χ1n) is 4.60. The summed E-state index contributed by atoms with van der Waals surface area (Å²) in [6.07, 6.45) is 0.0659. The number of hydrogen-bond donors (Lipinski definition) is 2. The molecule has 1 atom stereocenters. The Labute approximate surface area is 88.6 Å². The summed E-state index contributed by atoms with van der Waals surface area (Å²) in [5, 5.41) is 16.8. The Balaban J connectivity index is 3.72. The van der Waals surface area contributed by atoms with Gasteiger partial charge in [-0.2, -0.15) is 0 Å². The van der Waals surface area contributed by atoms with Crippen LogP contribution in [0.2, 0.25) is 0 Å². The third-order valence-corrected chi connectivity index (χ3v) is 3.30. The minimum absolute atomic E-state index is 0.000530. The van der Waals surface area contributed by atoms with Crippen molar-refractivity contribution < 1.29 is 28.8 Å². The summed E-state index contributed by atoms with van der Waals surface area (Å²) in [5.41, 5.74) is 0.